The van der Waals surface area contributed by atoms with Crippen molar-refractivity contribution in [2.45, 2.75) is 57.8 Å². The van der Waals surface area contributed by atoms with Crippen LogP contribution in [0.2, 0.25) is 0 Å². The lowest BCUT2D eigenvalue weighted by Crippen LogP contribution is -2.47. The molecule has 1 atom stereocenters. The van der Waals surface area contributed by atoms with Crippen LogP contribution in [0.4, 0.5) is 5.82 Å². The average Bonchev–Trinajstić information content (AvgIpc) is 2.95. The number of pyridine rings is 1. The van der Waals surface area contributed by atoms with Gasteiger partial charge in [0.15, 0.2) is 5.03 Å². The Morgan fingerprint density at radius 3 is 2.41 bits per heavy atom. The third-order valence-electron chi connectivity index (χ3n) is 6.38. The number of nitrogens with one attached hydrogen (secondary N) is 1. The summed E-state index contributed by atoms with van der Waals surface area (Å²) < 4.78 is 28.0. The van der Waals surface area contributed by atoms with Crippen LogP contribution in [0.1, 0.15) is 39.8 Å². The van der Waals surface area contributed by atoms with Crippen molar-refractivity contribution in [2.75, 3.05) is 5.73 Å². The van der Waals surface area contributed by atoms with Crippen LogP contribution in [0.3, 0.4) is 0 Å². The van der Waals surface area contributed by atoms with Gasteiger partial charge in [0.25, 0.3) is 15.9 Å². The van der Waals surface area contributed by atoms with E-state index in [0.717, 1.165) is 22.3 Å². The van der Waals surface area contributed by atoms with Crippen molar-refractivity contribution in [3.63, 3.8) is 0 Å². The van der Waals surface area contributed by atoms with E-state index in [0.29, 0.717) is 25.9 Å². The van der Waals surface area contributed by atoms with Crippen LogP contribution >= 0.6 is 0 Å². The number of nitrogen functional groups attached to an aromatic ring is 1. The van der Waals surface area contributed by atoms with Crippen LogP contribution in [0.15, 0.2) is 59.6 Å². The number of hydrogen-bond donors (Lipinski definition) is 2. The van der Waals surface area contributed by atoms with Crippen molar-refractivity contribution in [3.05, 3.63) is 88.0 Å². The minimum atomic E-state index is -4.15. The summed E-state index contributed by atoms with van der Waals surface area (Å²) in [6.07, 6.45) is 1.19. The Hall–Kier alpha value is -3.23. The molecule has 34 heavy (non-hydrogen) atoms. The topological polar surface area (TPSA) is 105 Å². The fourth-order valence-corrected chi connectivity index (χ4v) is 5.71. The average molecular weight is 479 g/mol. The molecule has 1 aliphatic heterocycles. The summed E-state index contributed by atoms with van der Waals surface area (Å²) in [6, 6.07) is 16.1. The summed E-state index contributed by atoms with van der Waals surface area (Å²) in [4.78, 5) is 19.4. The number of nitrogens with two attached hydrogens (primary N) is 1. The molecule has 0 saturated carbocycles. The van der Waals surface area contributed by atoms with Gasteiger partial charge in [0.2, 0.25) is 0 Å². The number of carbonyl (C=O) groups is 1. The molecule has 0 fully saturated rings. The molecule has 1 unspecified atom stereocenters. The molecule has 3 N–H and O–H groups in total. The monoisotopic (exact) mass is 478 g/mol. The van der Waals surface area contributed by atoms with E-state index < -0.39 is 22.0 Å². The molecule has 1 aromatic heterocycles. The Morgan fingerprint density at radius 2 is 1.74 bits per heavy atom. The van der Waals surface area contributed by atoms with Gasteiger partial charge in [0.1, 0.15) is 5.82 Å². The van der Waals surface area contributed by atoms with Gasteiger partial charge in [-0.3, -0.25) is 9.69 Å². The molecule has 8 heteroatoms. The van der Waals surface area contributed by atoms with Gasteiger partial charge in [-0.25, -0.2) is 9.71 Å². The second kappa shape index (κ2) is 9.56. The molecule has 1 amide bonds. The third-order valence-corrected chi connectivity index (χ3v) is 7.63. The van der Waals surface area contributed by atoms with E-state index in [1.807, 2.05) is 12.1 Å². The van der Waals surface area contributed by atoms with Crippen molar-refractivity contribution in [1.82, 2.24) is 14.6 Å². The molecule has 7 nitrogen and oxygen atoms in total. The molecule has 2 aromatic carbocycles. The minimum Gasteiger partial charge on any atom is -0.384 e. The summed E-state index contributed by atoms with van der Waals surface area (Å²) in [5.41, 5.74) is 12.6. The van der Waals surface area contributed by atoms with Crippen LogP contribution in [0.25, 0.3) is 0 Å². The first kappa shape index (κ1) is 23.9. The summed E-state index contributed by atoms with van der Waals surface area (Å²) in [5, 5.41) is -0.269. The van der Waals surface area contributed by atoms with Crippen molar-refractivity contribution in [1.29, 1.82) is 0 Å². The molecule has 2 heterocycles. The predicted octanol–water partition coefficient (Wildman–Crippen LogP) is 3.41. The highest BCUT2D eigenvalue weighted by Gasteiger charge is 2.33. The van der Waals surface area contributed by atoms with Gasteiger partial charge >= 0.3 is 0 Å². The summed E-state index contributed by atoms with van der Waals surface area (Å²) in [7, 11) is -4.15. The van der Waals surface area contributed by atoms with Crippen molar-refractivity contribution in [2.24, 2.45) is 0 Å². The van der Waals surface area contributed by atoms with E-state index in [1.54, 1.807) is 0 Å². The fraction of sp³-hybridized carbons (Fsp3) is 0.308. The van der Waals surface area contributed by atoms with Crippen LogP contribution in [-0.2, 0) is 34.3 Å². The number of rotatable bonds is 5. The van der Waals surface area contributed by atoms with Gasteiger partial charge in [0, 0.05) is 13.1 Å². The normalized spacial score (nSPS) is 16.5. The van der Waals surface area contributed by atoms with Crippen LogP contribution in [-0.4, -0.2) is 30.3 Å². The molecule has 0 saturated heterocycles. The molecule has 4 rings (SSSR count). The lowest BCUT2D eigenvalue weighted by atomic mass is 9.98. The quantitative estimate of drug-likeness (QED) is 0.582. The molecular weight excluding hydrogens is 448 g/mol. The standard InChI is InChI=1S/C26H30N4O3S/c1-17-13-18(2)22(19(3)14-17)16-30-15-21-8-5-4-7-20(21)11-12-23(30)26(31)29-34(32,33)25-10-6-9-24(27)28-25/h4-10,13-14,23H,11-12,15-16H2,1-3H3,(H2,27,28)(H,29,31). The Bertz CT molecular complexity index is 1310. The molecule has 0 radical (unpaired) electrons. The SMILES string of the molecule is Cc1cc(C)c(CN2Cc3ccccc3CCC2C(=O)NS(=O)(=O)c2cccc(N)n2)c(C)c1. The maximum Gasteiger partial charge on any atom is 0.281 e. The van der Waals surface area contributed by atoms with Gasteiger partial charge in [-0.15, -0.1) is 0 Å². The van der Waals surface area contributed by atoms with Gasteiger partial charge in [-0.05, 0) is 73.6 Å². The number of aromatic nitrogens is 1. The number of carbonyl (C=O) groups excluding carboxylic acids is 1. The van der Waals surface area contributed by atoms with E-state index in [4.69, 9.17) is 5.73 Å². The minimum absolute atomic E-state index is 0.0761. The Balaban J connectivity index is 1.66. The number of benzene rings is 2. The third kappa shape index (κ3) is 5.13. The predicted molar refractivity (Wildman–Crippen MR) is 132 cm³/mol. The Morgan fingerprint density at radius 1 is 1.06 bits per heavy atom. The van der Waals surface area contributed by atoms with Crippen molar-refractivity contribution >= 4 is 21.7 Å². The summed E-state index contributed by atoms with van der Waals surface area (Å²) in [6.45, 7) is 7.31. The van der Waals surface area contributed by atoms with E-state index in [9.17, 15) is 13.2 Å². The van der Waals surface area contributed by atoms with Crippen molar-refractivity contribution < 1.29 is 13.2 Å². The highest BCUT2D eigenvalue weighted by Crippen LogP contribution is 2.27. The Kier molecular flexibility index (Phi) is 6.72. The lowest BCUT2D eigenvalue weighted by Gasteiger charge is -2.30. The zero-order valence-corrected chi connectivity index (χ0v) is 20.5. The number of fused-ring (bicyclic) bond motifs is 1. The highest BCUT2D eigenvalue weighted by molar-refractivity contribution is 7.90. The maximum atomic E-state index is 13.4. The summed E-state index contributed by atoms with van der Waals surface area (Å²) >= 11 is 0. The number of hydrogen-bond acceptors (Lipinski definition) is 6. The first-order chi connectivity index (χ1) is 16.1. The zero-order chi connectivity index (χ0) is 24.5. The molecule has 0 spiro atoms. The van der Waals surface area contributed by atoms with Gasteiger partial charge in [0.05, 0.1) is 6.04 Å². The highest BCUT2D eigenvalue weighted by atomic mass is 32.2. The van der Waals surface area contributed by atoms with Gasteiger partial charge < -0.3 is 5.73 Å². The first-order valence-electron chi connectivity index (χ1n) is 11.3. The van der Waals surface area contributed by atoms with Crippen LogP contribution in [0.5, 0.6) is 0 Å². The van der Waals surface area contributed by atoms with Gasteiger partial charge in [-0.1, -0.05) is 48.0 Å². The van der Waals surface area contributed by atoms with E-state index in [2.05, 4.69) is 59.6 Å². The molecular formula is C26H30N4O3S. The van der Waals surface area contributed by atoms with E-state index >= 15 is 0 Å². The van der Waals surface area contributed by atoms with Crippen LogP contribution in [0, 0.1) is 20.8 Å². The smallest absolute Gasteiger partial charge is 0.281 e. The molecule has 1 aliphatic rings. The molecule has 0 bridgehead atoms. The van der Waals surface area contributed by atoms with Crippen molar-refractivity contribution in [3.8, 4) is 0 Å². The number of amides is 1. The van der Waals surface area contributed by atoms with Crippen LogP contribution < -0.4 is 10.5 Å². The Labute approximate surface area is 201 Å². The first-order valence-corrected chi connectivity index (χ1v) is 12.8. The van der Waals surface area contributed by atoms with E-state index in [-0.39, 0.29) is 10.8 Å². The zero-order valence-electron chi connectivity index (χ0n) is 19.7. The second-order valence-electron chi connectivity index (χ2n) is 8.98. The largest absolute Gasteiger partial charge is 0.384 e. The molecule has 178 valence electrons. The number of nitrogens with zero attached hydrogens (tertiary/aromatic N) is 2. The van der Waals surface area contributed by atoms with Gasteiger partial charge in [-0.2, -0.15) is 8.42 Å². The number of sulfonamides is 1. The lowest BCUT2D eigenvalue weighted by molar-refractivity contribution is -0.125. The maximum absolute atomic E-state index is 13.4. The summed E-state index contributed by atoms with van der Waals surface area (Å²) in [5.74, 6) is -0.480. The molecule has 0 aliphatic carbocycles. The number of anilines is 1. The fourth-order valence-electron chi connectivity index (χ4n) is 4.72. The number of aryl methyl sites for hydroxylation is 4. The van der Waals surface area contributed by atoms with E-state index in [1.165, 1.54) is 29.3 Å². The second-order valence-corrected chi connectivity index (χ2v) is 10.6. The molecule has 3 aromatic rings.